The fraction of sp³-hybridized carbons (Fsp3) is 0.200. The Kier molecular flexibility index (Phi) is 4.31. The van der Waals surface area contributed by atoms with Gasteiger partial charge in [-0.15, -0.1) is 0 Å². The van der Waals surface area contributed by atoms with Crippen molar-refractivity contribution in [2.45, 2.75) is 12.1 Å². The molecule has 2 atom stereocenters. The summed E-state index contributed by atoms with van der Waals surface area (Å²) in [6, 6.07) is 8.18. The second-order valence-electron chi connectivity index (χ2n) is 4.96. The minimum absolute atomic E-state index is 0.218. The van der Waals surface area contributed by atoms with Gasteiger partial charge in [-0.25, -0.2) is 4.79 Å². The minimum Gasteiger partial charge on any atom is -0.343 e. The summed E-state index contributed by atoms with van der Waals surface area (Å²) in [5.74, 6) is -0.218. The third kappa shape index (κ3) is 3.23. The molecule has 5 nitrogen and oxygen atoms in total. The van der Waals surface area contributed by atoms with E-state index in [1.165, 1.54) is 0 Å². The predicted molar refractivity (Wildman–Crippen MR) is 86.1 cm³/mol. The number of hydrogen-bond donors (Lipinski definition) is 3. The molecule has 1 saturated heterocycles. The SMILES string of the molecule is O=C1NC[C@@H](C(=O)N[C@H](c2ccc(Cl)cc2)c2ccsc2)N1. The quantitative estimate of drug-likeness (QED) is 0.802. The number of carbonyl (C=O) groups excluding carboxylic acids is 2. The van der Waals surface area contributed by atoms with E-state index in [0.29, 0.717) is 11.6 Å². The zero-order valence-electron chi connectivity index (χ0n) is 11.5. The minimum atomic E-state index is -0.555. The number of benzene rings is 1. The van der Waals surface area contributed by atoms with Crippen LogP contribution < -0.4 is 16.0 Å². The van der Waals surface area contributed by atoms with Gasteiger partial charge in [0.1, 0.15) is 6.04 Å². The lowest BCUT2D eigenvalue weighted by atomic mass is 10.0. The van der Waals surface area contributed by atoms with Gasteiger partial charge in [0.2, 0.25) is 5.91 Å². The number of halogens is 1. The van der Waals surface area contributed by atoms with E-state index >= 15 is 0 Å². The van der Waals surface area contributed by atoms with Gasteiger partial charge >= 0.3 is 6.03 Å². The molecule has 3 N–H and O–H groups in total. The average molecular weight is 336 g/mol. The largest absolute Gasteiger partial charge is 0.343 e. The molecule has 0 unspecified atom stereocenters. The van der Waals surface area contributed by atoms with Crippen molar-refractivity contribution in [1.29, 1.82) is 0 Å². The molecule has 0 spiro atoms. The summed E-state index contributed by atoms with van der Waals surface area (Å²) in [7, 11) is 0. The number of carbonyl (C=O) groups is 2. The molecule has 0 bridgehead atoms. The van der Waals surface area contributed by atoms with Crippen molar-refractivity contribution in [3.63, 3.8) is 0 Å². The molecule has 114 valence electrons. The molecule has 0 radical (unpaired) electrons. The molecule has 22 heavy (non-hydrogen) atoms. The van der Waals surface area contributed by atoms with Crippen molar-refractivity contribution >= 4 is 34.9 Å². The Labute approximate surface area is 136 Å². The maximum Gasteiger partial charge on any atom is 0.315 e. The molecule has 0 saturated carbocycles. The van der Waals surface area contributed by atoms with Gasteiger partial charge in [0.05, 0.1) is 6.04 Å². The van der Waals surface area contributed by atoms with Gasteiger partial charge < -0.3 is 16.0 Å². The standard InChI is InChI=1S/C15H14ClN3O2S/c16-11-3-1-9(2-4-11)13(10-5-6-22-8-10)19-14(20)12-7-17-15(21)18-12/h1-6,8,12-13H,7H2,(H,19,20)(H2,17,18,21)/t12-,13+/m0/s1. The highest BCUT2D eigenvalue weighted by Gasteiger charge is 2.29. The number of amides is 3. The van der Waals surface area contributed by atoms with Gasteiger partial charge in [0.25, 0.3) is 0 Å². The van der Waals surface area contributed by atoms with Crippen LogP contribution in [0.15, 0.2) is 41.1 Å². The van der Waals surface area contributed by atoms with Crippen LogP contribution in [0.5, 0.6) is 0 Å². The number of thiophene rings is 1. The normalized spacial score (nSPS) is 18.4. The highest BCUT2D eigenvalue weighted by molar-refractivity contribution is 7.08. The van der Waals surface area contributed by atoms with E-state index in [1.54, 1.807) is 23.5 Å². The van der Waals surface area contributed by atoms with Crippen LogP contribution >= 0.6 is 22.9 Å². The molecule has 1 aromatic carbocycles. The first-order valence-corrected chi connectivity index (χ1v) is 8.08. The van der Waals surface area contributed by atoms with Crippen LogP contribution in [0, 0.1) is 0 Å². The van der Waals surface area contributed by atoms with E-state index in [1.807, 2.05) is 29.0 Å². The van der Waals surface area contributed by atoms with Gasteiger partial charge in [-0.1, -0.05) is 23.7 Å². The topological polar surface area (TPSA) is 70.2 Å². The second kappa shape index (κ2) is 6.37. The molecular formula is C15H14ClN3O2S. The summed E-state index contributed by atoms with van der Waals surface area (Å²) >= 11 is 7.49. The third-order valence-corrected chi connectivity index (χ3v) is 4.41. The van der Waals surface area contributed by atoms with E-state index in [2.05, 4.69) is 16.0 Å². The summed E-state index contributed by atoms with van der Waals surface area (Å²) < 4.78 is 0. The van der Waals surface area contributed by atoms with E-state index in [-0.39, 0.29) is 18.0 Å². The molecule has 1 fully saturated rings. The van der Waals surface area contributed by atoms with Crippen LogP contribution in [0.25, 0.3) is 0 Å². The van der Waals surface area contributed by atoms with Crippen molar-refractivity contribution in [1.82, 2.24) is 16.0 Å². The van der Waals surface area contributed by atoms with Gasteiger partial charge in [0, 0.05) is 11.6 Å². The lowest BCUT2D eigenvalue weighted by Gasteiger charge is -2.20. The molecule has 2 heterocycles. The first kappa shape index (κ1) is 14.9. The Balaban J connectivity index is 1.81. The zero-order valence-corrected chi connectivity index (χ0v) is 13.1. The highest BCUT2D eigenvalue weighted by atomic mass is 35.5. The zero-order chi connectivity index (χ0) is 15.5. The van der Waals surface area contributed by atoms with E-state index in [4.69, 9.17) is 11.6 Å². The Morgan fingerprint density at radius 1 is 1.27 bits per heavy atom. The van der Waals surface area contributed by atoms with E-state index < -0.39 is 6.04 Å². The molecular weight excluding hydrogens is 322 g/mol. The van der Waals surface area contributed by atoms with Crippen molar-refractivity contribution < 1.29 is 9.59 Å². The van der Waals surface area contributed by atoms with E-state index in [0.717, 1.165) is 11.1 Å². The molecule has 0 aliphatic carbocycles. The summed E-state index contributed by atoms with van der Waals surface area (Å²) in [4.78, 5) is 23.5. The summed E-state index contributed by atoms with van der Waals surface area (Å²) in [6.45, 7) is 0.293. The van der Waals surface area contributed by atoms with Crippen LogP contribution in [0.4, 0.5) is 4.79 Å². The Morgan fingerprint density at radius 2 is 2.05 bits per heavy atom. The Morgan fingerprint density at radius 3 is 2.64 bits per heavy atom. The van der Waals surface area contributed by atoms with Crippen LogP contribution in [-0.4, -0.2) is 24.5 Å². The smallest absolute Gasteiger partial charge is 0.315 e. The van der Waals surface area contributed by atoms with Gasteiger partial charge in [-0.05, 0) is 40.1 Å². The van der Waals surface area contributed by atoms with E-state index in [9.17, 15) is 9.59 Å². The van der Waals surface area contributed by atoms with Crippen molar-refractivity contribution in [3.8, 4) is 0 Å². The predicted octanol–water partition coefficient (Wildman–Crippen LogP) is 2.29. The number of urea groups is 1. The second-order valence-corrected chi connectivity index (χ2v) is 6.17. The molecule has 7 heteroatoms. The number of hydrogen-bond acceptors (Lipinski definition) is 3. The molecule has 1 aromatic heterocycles. The molecule has 3 amide bonds. The lowest BCUT2D eigenvalue weighted by Crippen LogP contribution is -2.44. The number of rotatable bonds is 4. The van der Waals surface area contributed by atoms with Gasteiger partial charge in [-0.3, -0.25) is 4.79 Å². The molecule has 3 rings (SSSR count). The first-order valence-electron chi connectivity index (χ1n) is 6.76. The average Bonchev–Trinajstić information content (AvgIpc) is 3.17. The summed E-state index contributed by atoms with van der Waals surface area (Å²) in [5, 5.41) is 12.7. The fourth-order valence-electron chi connectivity index (χ4n) is 2.31. The maximum atomic E-state index is 12.3. The summed E-state index contributed by atoms with van der Waals surface area (Å²) in [6.07, 6.45) is 0. The monoisotopic (exact) mass is 335 g/mol. The van der Waals surface area contributed by atoms with Gasteiger partial charge in [-0.2, -0.15) is 11.3 Å². The molecule has 1 aliphatic heterocycles. The molecule has 2 aromatic rings. The highest BCUT2D eigenvalue weighted by Crippen LogP contribution is 2.25. The third-order valence-electron chi connectivity index (χ3n) is 3.46. The van der Waals surface area contributed by atoms with Crippen molar-refractivity contribution in [3.05, 3.63) is 57.2 Å². The fourth-order valence-corrected chi connectivity index (χ4v) is 3.12. The van der Waals surface area contributed by atoms with Crippen LogP contribution in [0.2, 0.25) is 5.02 Å². The first-order chi connectivity index (χ1) is 10.6. The Hall–Kier alpha value is -2.05. The van der Waals surface area contributed by atoms with Crippen LogP contribution in [0.1, 0.15) is 17.2 Å². The van der Waals surface area contributed by atoms with Crippen molar-refractivity contribution in [2.24, 2.45) is 0 Å². The Bertz CT molecular complexity index is 673. The van der Waals surface area contributed by atoms with Crippen molar-refractivity contribution in [2.75, 3.05) is 6.54 Å². The summed E-state index contributed by atoms with van der Waals surface area (Å²) in [5.41, 5.74) is 1.94. The molecule has 1 aliphatic rings. The van der Waals surface area contributed by atoms with Crippen LogP contribution in [0.3, 0.4) is 0 Å². The lowest BCUT2D eigenvalue weighted by molar-refractivity contribution is -0.122. The number of nitrogens with one attached hydrogen (secondary N) is 3. The van der Waals surface area contributed by atoms with Crippen LogP contribution in [-0.2, 0) is 4.79 Å². The maximum absolute atomic E-state index is 12.3. The van der Waals surface area contributed by atoms with Gasteiger partial charge in [0.15, 0.2) is 0 Å².